The number of halogens is 1. The Bertz CT molecular complexity index is 460. The fourth-order valence-electron chi connectivity index (χ4n) is 1.34. The van der Waals surface area contributed by atoms with Crippen LogP contribution < -0.4 is 4.72 Å². The smallest absolute Gasteiger partial charge is 0.241 e. The molecule has 0 radical (unpaired) electrons. The minimum atomic E-state index is -3.47. The van der Waals surface area contributed by atoms with E-state index in [0.717, 1.165) is 0 Å². The number of aliphatic hydroxyl groups is 1. The molecule has 6 heteroatoms. The van der Waals surface area contributed by atoms with Crippen molar-refractivity contribution in [2.75, 3.05) is 6.54 Å². The first-order chi connectivity index (χ1) is 7.93. The lowest BCUT2D eigenvalue weighted by molar-refractivity contribution is 0.182. The van der Waals surface area contributed by atoms with Gasteiger partial charge in [0.25, 0.3) is 0 Å². The number of hydrogen-bond acceptors (Lipinski definition) is 3. The van der Waals surface area contributed by atoms with E-state index >= 15 is 0 Å². The standard InChI is InChI=1S/C11H16BrNO3S/c1-9(14)5-4-8-13-17(15,16)11-7-3-2-6-10(11)12/h2-3,6-7,9,13-14H,4-5,8H2,1H3. The Morgan fingerprint density at radius 3 is 2.65 bits per heavy atom. The van der Waals surface area contributed by atoms with Crippen molar-refractivity contribution in [1.82, 2.24) is 4.72 Å². The second kappa shape index (κ2) is 6.49. The van der Waals surface area contributed by atoms with Crippen molar-refractivity contribution in [1.29, 1.82) is 0 Å². The molecular weight excluding hydrogens is 306 g/mol. The van der Waals surface area contributed by atoms with Crippen LogP contribution in [0.1, 0.15) is 19.8 Å². The summed E-state index contributed by atoms with van der Waals surface area (Å²) in [6.45, 7) is 2.01. The van der Waals surface area contributed by atoms with Crippen molar-refractivity contribution in [3.05, 3.63) is 28.7 Å². The maximum atomic E-state index is 11.9. The van der Waals surface area contributed by atoms with Gasteiger partial charge in [-0.15, -0.1) is 0 Å². The number of sulfonamides is 1. The molecule has 0 heterocycles. The molecule has 0 spiro atoms. The van der Waals surface area contributed by atoms with Gasteiger partial charge in [-0.3, -0.25) is 0 Å². The fourth-order valence-corrected chi connectivity index (χ4v) is 3.42. The van der Waals surface area contributed by atoms with Gasteiger partial charge in [0.2, 0.25) is 10.0 Å². The zero-order chi connectivity index (χ0) is 12.9. The van der Waals surface area contributed by atoms with E-state index in [4.69, 9.17) is 5.11 Å². The van der Waals surface area contributed by atoms with E-state index in [1.807, 2.05) is 0 Å². The second-order valence-electron chi connectivity index (χ2n) is 3.82. The van der Waals surface area contributed by atoms with Gasteiger partial charge < -0.3 is 5.11 Å². The molecular formula is C11H16BrNO3S. The number of rotatable bonds is 6. The first-order valence-electron chi connectivity index (χ1n) is 5.36. The van der Waals surface area contributed by atoms with Gasteiger partial charge >= 0.3 is 0 Å². The van der Waals surface area contributed by atoms with Gasteiger partial charge in [0, 0.05) is 11.0 Å². The average molecular weight is 322 g/mol. The summed E-state index contributed by atoms with van der Waals surface area (Å²) in [5, 5.41) is 9.06. The van der Waals surface area contributed by atoms with Gasteiger partial charge in [-0.2, -0.15) is 0 Å². The summed E-state index contributed by atoms with van der Waals surface area (Å²) in [7, 11) is -3.47. The molecule has 17 heavy (non-hydrogen) atoms. The lowest BCUT2D eigenvalue weighted by Crippen LogP contribution is -2.25. The molecule has 0 aliphatic rings. The molecule has 1 aromatic rings. The summed E-state index contributed by atoms with van der Waals surface area (Å²) in [5.74, 6) is 0. The highest BCUT2D eigenvalue weighted by Gasteiger charge is 2.15. The molecule has 1 atom stereocenters. The molecule has 0 saturated heterocycles. The Morgan fingerprint density at radius 2 is 2.06 bits per heavy atom. The Balaban J connectivity index is 2.61. The highest BCUT2D eigenvalue weighted by atomic mass is 79.9. The van der Waals surface area contributed by atoms with Crippen LogP contribution in [0.15, 0.2) is 33.6 Å². The first-order valence-corrected chi connectivity index (χ1v) is 7.63. The van der Waals surface area contributed by atoms with E-state index in [0.29, 0.717) is 23.9 Å². The highest BCUT2D eigenvalue weighted by Crippen LogP contribution is 2.20. The van der Waals surface area contributed by atoms with Crippen LogP contribution in [0, 0.1) is 0 Å². The molecule has 0 fully saturated rings. The van der Waals surface area contributed by atoms with Gasteiger partial charge in [0.1, 0.15) is 0 Å². The quantitative estimate of drug-likeness (QED) is 0.786. The monoisotopic (exact) mass is 321 g/mol. The number of hydrogen-bond donors (Lipinski definition) is 2. The molecule has 0 aliphatic heterocycles. The van der Waals surface area contributed by atoms with E-state index in [1.54, 1.807) is 31.2 Å². The van der Waals surface area contributed by atoms with Crippen LogP contribution in [0.2, 0.25) is 0 Å². The molecule has 0 aromatic heterocycles. The molecule has 2 N–H and O–H groups in total. The minimum Gasteiger partial charge on any atom is -0.393 e. The molecule has 0 aliphatic carbocycles. The van der Waals surface area contributed by atoms with Crippen LogP contribution in [0.3, 0.4) is 0 Å². The van der Waals surface area contributed by atoms with Gasteiger partial charge in [0.05, 0.1) is 11.0 Å². The maximum Gasteiger partial charge on any atom is 0.241 e. The lowest BCUT2D eigenvalue weighted by Gasteiger charge is -2.08. The summed E-state index contributed by atoms with van der Waals surface area (Å²) in [5.41, 5.74) is 0. The van der Waals surface area contributed by atoms with Crippen LogP contribution in [-0.2, 0) is 10.0 Å². The van der Waals surface area contributed by atoms with Crippen molar-refractivity contribution in [2.24, 2.45) is 0 Å². The predicted octanol–water partition coefficient (Wildman–Crippen LogP) is 1.89. The molecule has 0 amide bonds. The third-order valence-corrected chi connectivity index (χ3v) is 4.69. The van der Waals surface area contributed by atoms with Gasteiger partial charge in [-0.25, -0.2) is 13.1 Å². The van der Waals surface area contributed by atoms with Crippen LogP contribution >= 0.6 is 15.9 Å². The predicted molar refractivity (Wildman–Crippen MR) is 70.2 cm³/mol. The summed E-state index contributed by atoms with van der Waals surface area (Å²) in [4.78, 5) is 0.233. The summed E-state index contributed by atoms with van der Waals surface area (Å²) in [6.07, 6.45) is 0.794. The zero-order valence-corrected chi connectivity index (χ0v) is 12.0. The maximum absolute atomic E-state index is 11.9. The van der Waals surface area contributed by atoms with Crippen molar-refractivity contribution in [2.45, 2.75) is 30.8 Å². The SMILES string of the molecule is CC(O)CCCNS(=O)(=O)c1ccccc1Br. The lowest BCUT2D eigenvalue weighted by atomic mass is 10.2. The van der Waals surface area contributed by atoms with Crippen molar-refractivity contribution < 1.29 is 13.5 Å². The molecule has 1 aromatic carbocycles. The Morgan fingerprint density at radius 1 is 1.41 bits per heavy atom. The molecule has 1 rings (SSSR count). The minimum absolute atomic E-state index is 0.233. The normalized spacial score (nSPS) is 13.6. The first kappa shape index (κ1) is 14.6. The van der Waals surface area contributed by atoms with Crippen LogP contribution in [0.5, 0.6) is 0 Å². The second-order valence-corrected chi connectivity index (χ2v) is 6.41. The number of benzene rings is 1. The summed E-state index contributed by atoms with van der Waals surface area (Å²) < 4.78 is 26.8. The summed E-state index contributed by atoms with van der Waals surface area (Å²) >= 11 is 3.21. The Kier molecular flexibility index (Phi) is 5.58. The van der Waals surface area contributed by atoms with Crippen molar-refractivity contribution >= 4 is 26.0 Å². The van der Waals surface area contributed by atoms with Gasteiger partial charge in [0.15, 0.2) is 0 Å². The van der Waals surface area contributed by atoms with E-state index in [-0.39, 0.29) is 4.90 Å². The van der Waals surface area contributed by atoms with Crippen LogP contribution in [0.25, 0.3) is 0 Å². The topological polar surface area (TPSA) is 66.4 Å². The largest absolute Gasteiger partial charge is 0.393 e. The number of nitrogens with one attached hydrogen (secondary N) is 1. The fraction of sp³-hybridized carbons (Fsp3) is 0.455. The zero-order valence-electron chi connectivity index (χ0n) is 9.56. The van der Waals surface area contributed by atoms with Crippen LogP contribution in [-0.4, -0.2) is 26.2 Å². The van der Waals surface area contributed by atoms with E-state index in [1.165, 1.54) is 0 Å². The van der Waals surface area contributed by atoms with E-state index in [9.17, 15) is 8.42 Å². The third kappa shape index (κ3) is 4.75. The molecule has 0 saturated carbocycles. The van der Waals surface area contributed by atoms with Crippen molar-refractivity contribution in [3.63, 3.8) is 0 Å². The van der Waals surface area contributed by atoms with Gasteiger partial charge in [-0.1, -0.05) is 12.1 Å². The molecule has 0 bridgehead atoms. The third-order valence-electron chi connectivity index (χ3n) is 2.22. The molecule has 1 unspecified atom stereocenters. The Labute approximate surface area is 110 Å². The highest BCUT2D eigenvalue weighted by molar-refractivity contribution is 9.10. The van der Waals surface area contributed by atoms with Crippen molar-refractivity contribution in [3.8, 4) is 0 Å². The van der Waals surface area contributed by atoms with E-state index in [2.05, 4.69) is 20.7 Å². The van der Waals surface area contributed by atoms with Crippen LogP contribution in [0.4, 0.5) is 0 Å². The molecule has 96 valence electrons. The molecule has 4 nitrogen and oxygen atoms in total. The average Bonchev–Trinajstić information content (AvgIpc) is 2.24. The van der Waals surface area contributed by atoms with Gasteiger partial charge in [-0.05, 0) is 47.8 Å². The Hall–Kier alpha value is -0.430. The number of aliphatic hydroxyl groups excluding tert-OH is 1. The van der Waals surface area contributed by atoms with E-state index < -0.39 is 16.1 Å². The summed E-state index contributed by atoms with van der Waals surface area (Å²) in [6, 6.07) is 6.66.